The minimum atomic E-state index is 0.159. The molecule has 0 radical (unpaired) electrons. The van der Waals surface area contributed by atoms with Crippen LogP contribution in [0.5, 0.6) is 0 Å². The first kappa shape index (κ1) is 11.9. The summed E-state index contributed by atoms with van der Waals surface area (Å²) >= 11 is 0. The number of amides is 1. The van der Waals surface area contributed by atoms with Crippen LogP contribution in [0.3, 0.4) is 0 Å². The summed E-state index contributed by atoms with van der Waals surface area (Å²) in [6.45, 7) is 10.1. The lowest BCUT2D eigenvalue weighted by Crippen LogP contribution is -2.48. The van der Waals surface area contributed by atoms with Crippen molar-refractivity contribution < 1.29 is 9.53 Å². The molecule has 3 nitrogen and oxygen atoms in total. The largest absolute Gasteiger partial charge is 0.380 e. The predicted octanol–water partition coefficient (Wildman–Crippen LogP) is 1.92. The van der Waals surface area contributed by atoms with Crippen LogP contribution in [0.25, 0.3) is 0 Å². The SMILES string of the molecule is CC(C)(C)C1CCN(C(=O)C2COC2)CC1. The van der Waals surface area contributed by atoms with Gasteiger partial charge in [-0.1, -0.05) is 20.8 Å². The molecule has 2 aliphatic rings. The Hall–Kier alpha value is -0.570. The Morgan fingerprint density at radius 1 is 1.19 bits per heavy atom. The van der Waals surface area contributed by atoms with Gasteiger partial charge in [0.05, 0.1) is 19.1 Å². The monoisotopic (exact) mass is 225 g/mol. The van der Waals surface area contributed by atoms with Crippen LogP contribution >= 0.6 is 0 Å². The summed E-state index contributed by atoms with van der Waals surface area (Å²) in [5.74, 6) is 1.24. The molecular weight excluding hydrogens is 202 g/mol. The fourth-order valence-corrected chi connectivity index (χ4v) is 2.60. The summed E-state index contributed by atoms with van der Waals surface area (Å²) in [4.78, 5) is 14.0. The van der Waals surface area contributed by atoms with Crippen molar-refractivity contribution in [2.24, 2.45) is 17.3 Å². The van der Waals surface area contributed by atoms with Crippen molar-refractivity contribution in [2.45, 2.75) is 33.6 Å². The molecule has 1 amide bonds. The van der Waals surface area contributed by atoms with Crippen LogP contribution in [0.1, 0.15) is 33.6 Å². The molecule has 0 aromatic carbocycles. The normalized spacial score (nSPS) is 24.3. The van der Waals surface area contributed by atoms with Gasteiger partial charge in [-0.25, -0.2) is 0 Å². The molecule has 3 heteroatoms. The summed E-state index contributed by atoms with van der Waals surface area (Å²) in [7, 11) is 0. The number of rotatable bonds is 1. The summed E-state index contributed by atoms with van der Waals surface area (Å²) < 4.78 is 5.07. The molecule has 2 aliphatic heterocycles. The predicted molar refractivity (Wildman–Crippen MR) is 63.1 cm³/mol. The van der Waals surface area contributed by atoms with Gasteiger partial charge in [0.1, 0.15) is 0 Å². The molecular formula is C13H23NO2. The number of ether oxygens (including phenoxy) is 1. The zero-order valence-electron chi connectivity index (χ0n) is 10.7. The van der Waals surface area contributed by atoms with Crippen molar-refractivity contribution in [2.75, 3.05) is 26.3 Å². The van der Waals surface area contributed by atoms with Crippen LogP contribution < -0.4 is 0 Å². The minimum absolute atomic E-state index is 0.159. The van der Waals surface area contributed by atoms with Crippen LogP contribution in [0.4, 0.5) is 0 Å². The van der Waals surface area contributed by atoms with Gasteiger partial charge in [-0.3, -0.25) is 4.79 Å². The second-order valence-electron chi connectivity index (χ2n) is 6.20. The molecule has 0 bridgehead atoms. The molecule has 0 N–H and O–H groups in total. The molecule has 2 saturated heterocycles. The quantitative estimate of drug-likeness (QED) is 0.682. The van der Waals surface area contributed by atoms with Gasteiger partial charge in [-0.2, -0.15) is 0 Å². The number of nitrogens with zero attached hydrogens (tertiary/aromatic N) is 1. The number of piperidine rings is 1. The summed E-state index contributed by atoms with van der Waals surface area (Å²) in [5.41, 5.74) is 0.384. The second kappa shape index (κ2) is 4.36. The van der Waals surface area contributed by atoms with E-state index in [1.54, 1.807) is 0 Å². The van der Waals surface area contributed by atoms with Gasteiger partial charge in [0.25, 0.3) is 0 Å². The molecule has 0 aliphatic carbocycles. The highest BCUT2D eigenvalue weighted by Gasteiger charge is 2.35. The van der Waals surface area contributed by atoms with Crippen LogP contribution in [0.2, 0.25) is 0 Å². The number of carbonyl (C=O) groups excluding carboxylic acids is 1. The van der Waals surface area contributed by atoms with E-state index in [0.717, 1.165) is 31.8 Å². The topological polar surface area (TPSA) is 29.5 Å². The first-order valence-electron chi connectivity index (χ1n) is 6.35. The maximum atomic E-state index is 12.0. The molecule has 0 spiro atoms. The number of carbonyl (C=O) groups is 1. The molecule has 0 aromatic rings. The Labute approximate surface area is 98.1 Å². The highest BCUT2D eigenvalue weighted by atomic mass is 16.5. The van der Waals surface area contributed by atoms with Gasteiger partial charge in [-0.05, 0) is 24.2 Å². The van der Waals surface area contributed by atoms with Crippen LogP contribution in [0.15, 0.2) is 0 Å². The molecule has 0 aromatic heterocycles. The van der Waals surface area contributed by atoms with Crippen molar-refractivity contribution in [1.82, 2.24) is 4.90 Å². The maximum Gasteiger partial charge on any atom is 0.230 e. The fraction of sp³-hybridized carbons (Fsp3) is 0.923. The highest BCUT2D eigenvalue weighted by molar-refractivity contribution is 5.79. The van der Waals surface area contributed by atoms with E-state index in [1.165, 1.54) is 0 Å². The zero-order chi connectivity index (χ0) is 11.8. The molecule has 0 unspecified atom stereocenters. The van der Waals surface area contributed by atoms with Crippen LogP contribution in [-0.2, 0) is 9.53 Å². The Morgan fingerprint density at radius 3 is 2.12 bits per heavy atom. The molecule has 2 fully saturated rings. The number of hydrogen-bond acceptors (Lipinski definition) is 2. The van der Waals surface area contributed by atoms with E-state index in [2.05, 4.69) is 20.8 Å². The van der Waals surface area contributed by atoms with E-state index in [0.29, 0.717) is 24.5 Å². The van der Waals surface area contributed by atoms with Crippen LogP contribution in [0, 0.1) is 17.3 Å². The van der Waals surface area contributed by atoms with E-state index >= 15 is 0 Å². The third-order valence-electron chi connectivity index (χ3n) is 4.02. The third kappa shape index (κ3) is 2.40. The van der Waals surface area contributed by atoms with Crippen molar-refractivity contribution in [3.63, 3.8) is 0 Å². The van der Waals surface area contributed by atoms with Gasteiger partial charge in [0.15, 0.2) is 0 Å². The average molecular weight is 225 g/mol. The third-order valence-corrected chi connectivity index (χ3v) is 4.02. The summed E-state index contributed by atoms with van der Waals surface area (Å²) in [6, 6.07) is 0. The molecule has 0 atom stereocenters. The Kier molecular flexibility index (Phi) is 3.24. The van der Waals surface area contributed by atoms with E-state index < -0.39 is 0 Å². The van der Waals surface area contributed by atoms with Gasteiger partial charge in [0, 0.05) is 13.1 Å². The fourth-order valence-electron chi connectivity index (χ4n) is 2.60. The molecule has 0 saturated carbocycles. The highest BCUT2D eigenvalue weighted by Crippen LogP contribution is 2.34. The zero-order valence-corrected chi connectivity index (χ0v) is 10.7. The number of hydrogen-bond donors (Lipinski definition) is 0. The van der Waals surface area contributed by atoms with Gasteiger partial charge < -0.3 is 9.64 Å². The Bertz CT molecular complexity index is 258. The smallest absolute Gasteiger partial charge is 0.230 e. The van der Waals surface area contributed by atoms with E-state index in [1.807, 2.05) is 4.90 Å². The second-order valence-corrected chi connectivity index (χ2v) is 6.20. The lowest BCUT2D eigenvalue weighted by atomic mass is 9.75. The van der Waals surface area contributed by atoms with Gasteiger partial charge >= 0.3 is 0 Å². The standard InChI is InChI=1S/C13H23NO2/c1-13(2,3)11-4-6-14(7-5-11)12(15)10-8-16-9-10/h10-11H,4-9H2,1-3H3. The lowest BCUT2D eigenvalue weighted by Gasteiger charge is -2.40. The van der Waals surface area contributed by atoms with Gasteiger partial charge in [0.2, 0.25) is 5.91 Å². The first-order chi connectivity index (χ1) is 7.48. The van der Waals surface area contributed by atoms with Crippen molar-refractivity contribution >= 4 is 5.91 Å². The van der Waals surface area contributed by atoms with Crippen LogP contribution in [-0.4, -0.2) is 37.1 Å². The first-order valence-corrected chi connectivity index (χ1v) is 6.35. The molecule has 92 valence electrons. The summed E-state index contributed by atoms with van der Waals surface area (Å²) in [5, 5.41) is 0. The van der Waals surface area contributed by atoms with E-state index in [4.69, 9.17) is 4.74 Å². The molecule has 2 rings (SSSR count). The molecule has 2 heterocycles. The van der Waals surface area contributed by atoms with E-state index in [9.17, 15) is 4.79 Å². The van der Waals surface area contributed by atoms with Crippen molar-refractivity contribution in [3.05, 3.63) is 0 Å². The minimum Gasteiger partial charge on any atom is -0.380 e. The van der Waals surface area contributed by atoms with E-state index in [-0.39, 0.29) is 5.92 Å². The maximum absolute atomic E-state index is 12.0. The Balaban J connectivity index is 1.82. The van der Waals surface area contributed by atoms with Crippen molar-refractivity contribution in [3.8, 4) is 0 Å². The summed E-state index contributed by atoms with van der Waals surface area (Å²) in [6.07, 6.45) is 2.31. The lowest BCUT2D eigenvalue weighted by molar-refractivity contribution is -0.151. The molecule has 16 heavy (non-hydrogen) atoms. The number of likely N-dealkylation sites (tertiary alicyclic amines) is 1. The average Bonchev–Trinajstić information content (AvgIpc) is 2.14. The van der Waals surface area contributed by atoms with Gasteiger partial charge in [-0.15, -0.1) is 0 Å². The van der Waals surface area contributed by atoms with Crippen molar-refractivity contribution in [1.29, 1.82) is 0 Å². The Morgan fingerprint density at radius 2 is 1.75 bits per heavy atom.